The normalized spacial score (nSPS) is 31.3. The molecule has 0 aromatic heterocycles. The van der Waals surface area contributed by atoms with Gasteiger partial charge in [0.1, 0.15) is 11.6 Å². The van der Waals surface area contributed by atoms with Crippen molar-refractivity contribution in [2.75, 3.05) is 19.7 Å². The van der Waals surface area contributed by atoms with Crippen molar-refractivity contribution in [3.05, 3.63) is 61.2 Å². The van der Waals surface area contributed by atoms with Gasteiger partial charge < -0.3 is 24.5 Å². The summed E-state index contributed by atoms with van der Waals surface area (Å²) in [6, 6.07) is 8.10. The highest BCUT2D eigenvalue weighted by Crippen LogP contribution is 2.66. The first-order chi connectivity index (χ1) is 19.0. The van der Waals surface area contributed by atoms with E-state index in [0.29, 0.717) is 32.5 Å². The molecule has 40 heavy (non-hydrogen) atoms. The SMILES string of the molecule is C=CCN(Cc1ccccc1)C(=O)[C@H]1[C@H]2C(=O)N([C@@H](CC)CO)C(C(=O)N(CC=C)C(C)C)C23CC(C)[C@]1(C)O3. The number of aliphatic hydroxyl groups excluding tert-OH is 1. The van der Waals surface area contributed by atoms with Gasteiger partial charge in [0, 0.05) is 25.7 Å². The van der Waals surface area contributed by atoms with Gasteiger partial charge in [-0.25, -0.2) is 0 Å². The highest BCUT2D eigenvalue weighted by molar-refractivity contribution is 5.99. The Bertz CT molecular complexity index is 1130. The lowest BCUT2D eigenvalue weighted by Crippen LogP contribution is -2.59. The molecule has 1 spiro atoms. The molecular weight excluding hydrogens is 506 g/mol. The first kappa shape index (κ1) is 30.0. The van der Waals surface area contributed by atoms with Crippen molar-refractivity contribution in [1.82, 2.24) is 14.7 Å². The number of nitrogens with zero attached hydrogens (tertiary/aromatic N) is 3. The Hall–Kier alpha value is -2.97. The van der Waals surface area contributed by atoms with E-state index in [2.05, 4.69) is 13.2 Å². The molecule has 1 N–H and O–H groups in total. The molecule has 3 aliphatic heterocycles. The van der Waals surface area contributed by atoms with E-state index >= 15 is 0 Å². The van der Waals surface area contributed by atoms with Gasteiger partial charge in [0.25, 0.3) is 0 Å². The number of hydrogen-bond donors (Lipinski definition) is 1. The van der Waals surface area contributed by atoms with Crippen molar-refractivity contribution in [2.45, 2.75) is 83.3 Å². The van der Waals surface area contributed by atoms with Gasteiger partial charge in [-0.1, -0.05) is 56.3 Å². The average molecular weight is 552 g/mol. The van der Waals surface area contributed by atoms with Crippen LogP contribution in [0.5, 0.6) is 0 Å². The molecule has 1 aromatic carbocycles. The lowest BCUT2D eigenvalue weighted by molar-refractivity contribution is -0.158. The van der Waals surface area contributed by atoms with E-state index in [4.69, 9.17) is 4.74 Å². The summed E-state index contributed by atoms with van der Waals surface area (Å²) in [7, 11) is 0. The Morgan fingerprint density at radius 1 is 1.18 bits per heavy atom. The summed E-state index contributed by atoms with van der Waals surface area (Å²) in [5.41, 5.74) is -1.10. The van der Waals surface area contributed by atoms with Crippen molar-refractivity contribution in [3.63, 3.8) is 0 Å². The van der Waals surface area contributed by atoms with E-state index in [9.17, 15) is 19.5 Å². The molecule has 8 heteroatoms. The first-order valence-electron chi connectivity index (χ1n) is 14.5. The fourth-order valence-electron chi connectivity index (χ4n) is 7.38. The molecule has 0 saturated carbocycles. The van der Waals surface area contributed by atoms with Gasteiger partial charge in [-0.15, -0.1) is 13.2 Å². The Morgan fingerprint density at radius 3 is 2.38 bits per heavy atom. The maximum absolute atomic E-state index is 14.5. The van der Waals surface area contributed by atoms with E-state index in [1.807, 2.05) is 65.0 Å². The van der Waals surface area contributed by atoms with Gasteiger partial charge in [-0.05, 0) is 45.1 Å². The number of carbonyl (C=O) groups excluding carboxylic acids is 3. The van der Waals surface area contributed by atoms with Crippen LogP contribution in [0.3, 0.4) is 0 Å². The third kappa shape index (κ3) is 4.59. The standard InChI is InChI=1S/C32H45N3O5/c1-8-16-33(19-23-14-12-11-13-15-23)28(37)25-26-29(38)35(24(10-3)20-36)27(30(39)34(17-9-2)21(4)5)32(26)18-22(6)31(25,7)40-32/h8-9,11-15,21-22,24-27,36H,1-2,10,16-20H2,3-7H3/t22?,24-,25+,26-,27?,31-,32?/m0/s1. The summed E-state index contributed by atoms with van der Waals surface area (Å²) in [5.74, 6) is -2.34. The van der Waals surface area contributed by atoms with Gasteiger partial charge in [0.2, 0.25) is 17.7 Å². The van der Waals surface area contributed by atoms with Gasteiger partial charge in [-0.2, -0.15) is 0 Å². The molecule has 7 atom stereocenters. The molecular formula is C32H45N3O5. The van der Waals surface area contributed by atoms with Crippen molar-refractivity contribution < 1.29 is 24.2 Å². The van der Waals surface area contributed by atoms with Crippen LogP contribution < -0.4 is 0 Å². The van der Waals surface area contributed by atoms with Crippen LogP contribution >= 0.6 is 0 Å². The predicted molar refractivity (Wildman–Crippen MR) is 154 cm³/mol. The van der Waals surface area contributed by atoms with Crippen LogP contribution in [0.2, 0.25) is 0 Å². The molecule has 0 radical (unpaired) electrons. The molecule has 3 saturated heterocycles. The highest BCUT2D eigenvalue weighted by atomic mass is 16.5. The summed E-state index contributed by atoms with van der Waals surface area (Å²) in [4.78, 5) is 48.3. The van der Waals surface area contributed by atoms with Crippen LogP contribution in [0.4, 0.5) is 0 Å². The second kappa shape index (κ2) is 11.5. The first-order valence-corrected chi connectivity index (χ1v) is 14.5. The molecule has 8 nitrogen and oxygen atoms in total. The lowest BCUT2D eigenvalue weighted by atomic mass is 9.62. The zero-order valence-corrected chi connectivity index (χ0v) is 24.6. The fraction of sp³-hybridized carbons (Fsp3) is 0.594. The summed E-state index contributed by atoms with van der Waals surface area (Å²) >= 11 is 0. The molecule has 3 aliphatic rings. The van der Waals surface area contributed by atoms with Crippen LogP contribution in [0.15, 0.2) is 55.6 Å². The Kier molecular flexibility index (Phi) is 8.62. The maximum atomic E-state index is 14.5. The van der Waals surface area contributed by atoms with Crippen molar-refractivity contribution in [1.29, 1.82) is 0 Å². The Balaban J connectivity index is 1.83. The number of amides is 3. The van der Waals surface area contributed by atoms with Crippen molar-refractivity contribution >= 4 is 17.7 Å². The zero-order valence-electron chi connectivity index (χ0n) is 24.6. The minimum Gasteiger partial charge on any atom is -0.394 e. The third-order valence-corrected chi connectivity index (χ3v) is 9.44. The van der Waals surface area contributed by atoms with Crippen LogP contribution in [0, 0.1) is 17.8 Å². The summed E-state index contributed by atoms with van der Waals surface area (Å²) in [5, 5.41) is 10.3. The molecule has 1 aromatic rings. The number of carbonyl (C=O) groups is 3. The molecule has 2 bridgehead atoms. The lowest BCUT2D eigenvalue weighted by Gasteiger charge is -2.40. The molecule has 3 heterocycles. The smallest absolute Gasteiger partial charge is 0.248 e. The zero-order chi connectivity index (χ0) is 29.4. The van der Waals surface area contributed by atoms with Crippen LogP contribution in [-0.2, 0) is 25.7 Å². The average Bonchev–Trinajstić information content (AvgIpc) is 3.44. The topological polar surface area (TPSA) is 90.4 Å². The van der Waals surface area contributed by atoms with E-state index in [0.717, 1.165) is 5.56 Å². The van der Waals surface area contributed by atoms with Gasteiger partial charge in [-0.3, -0.25) is 14.4 Å². The number of fused-ring (bicyclic) bond motifs is 1. The van der Waals surface area contributed by atoms with Crippen LogP contribution in [0.1, 0.15) is 53.0 Å². The van der Waals surface area contributed by atoms with E-state index in [1.165, 1.54) is 0 Å². The largest absolute Gasteiger partial charge is 0.394 e. The van der Waals surface area contributed by atoms with Crippen LogP contribution in [-0.4, -0.2) is 86.6 Å². The number of likely N-dealkylation sites (tertiary alicyclic amines) is 1. The quantitative estimate of drug-likeness (QED) is 0.402. The molecule has 218 valence electrons. The van der Waals surface area contributed by atoms with E-state index < -0.39 is 35.1 Å². The predicted octanol–water partition coefficient (Wildman–Crippen LogP) is 3.41. The molecule has 4 rings (SSSR count). The number of aliphatic hydroxyl groups is 1. The Morgan fingerprint density at radius 2 is 1.82 bits per heavy atom. The third-order valence-electron chi connectivity index (χ3n) is 9.44. The van der Waals surface area contributed by atoms with Crippen LogP contribution in [0.25, 0.3) is 0 Å². The fourth-order valence-corrected chi connectivity index (χ4v) is 7.38. The minimum absolute atomic E-state index is 0.0656. The van der Waals surface area contributed by atoms with Gasteiger partial charge in [0.15, 0.2) is 0 Å². The number of hydrogen-bond acceptors (Lipinski definition) is 5. The number of benzene rings is 1. The molecule has 0 aliphatic carbocycles. The molecule has 3 unspecified atom stereocenters. The monoisotopic (exact) mass is 551 g/mol. The minimum atomic E-state index is -1.16. The Labute approximate surface area is 238 Å². The van der Waals surface area contributed by atoms with Crippen molar-refractivity contribution in [2.24, 2.45) is 17.8 Å². The maximum Gasteiger partial charge on any atom is 0.248 e. The van der Waals surface area contributed by atoms with E-state index in [-0.39, 0.29) is 36.3 Å². The highest BCUT2D eigenvalue weighted by Gasteiger charge is 2.80. The summed E-state index contributed by atoms with van der Waals surface area (Å²) in [6.45, 7) is 18.2. The summed E-state index contributed by atoms with van der Waals surface area (Å²) in [6.07, 6.45) is 4.33. The summed E-state index contributed by atoms with van der Waals surface area (Å²) < 4.78 is 6.89. The second-order valence-corrected chi connectivity index (χ2v) is 12.1. The van der Waals surface area contributed by atoms with Gasteiger partial charge >= 0.3 is 0 Å². The molecule has 3 amide bonds. The molecule has 3 fully saturated rings. The second-order valence-electron chi connectivity index (χ2n) is 12.1. The van der Waals surface area contributed by atoms with Crippen molar-refractivity contribution in [3.8, 4) is 0 Å². The van der Waals surface area contributed by atoms with E-state index in [1.54, 1.807) is 26.9 Å². The van der Waals surface area contributed by atoms with Gasteiger partial charge in [0.05, 0.1) is 30.1 Å². The number of rotatable bonds is 12. The number of ether oxygens (including phenoxy) is 1.